The Labute approximate surface area is 64.2 Å². The van der Waals surface area contributed by atoms with Gasteiger partial charge in [-0.1, -0.05) is 0 Å². The molecule has 0 atom stereocenters. The molecule has 0 aliphatic rings. The van der Waals surface area contributed by atoms with Crippen molar-refractivity contribution in [3.63, 3.8) is 0 Å². The largest absolute Gasteiger partial charge is 0.349 e. The van der Waals surface area contributed by atoms with Crippen LogP contribution in [0.25, 0.3) is 5.57 Å². The first-order chi connectivity index (χ1) is 5.29. The van der Waals surface area contributed by atoms with Gasteiger partial charge in [0.25, 0.3) is 0 Å². The van der Waals surface area contributed by atoms with Crippen molar-refractivity contribution in [1.29, 1.82) is 5.26 Å². The number of nitriles is 1. The van der Waals surface area contributed by atoms with Crippen LogP contribution in [0, 0.1) is 11.3 Å². The molecule has 0 spiro atoms. The van der Waals surface area contributed by atoms with E-state index < -0.39 is 0 Å². The van der Waals surface area contributed by atoms with E-state index in [4.69, 9.17) is 5.26 Å². The van der Waals surface area contributed by atoms with Crippen LogP contribution in [0.3, 0.4) is 0 Å². The quantitative estimate of drug-likeness (QED) is 0.433. The number of carbonyl (C=O) groups excluding carboxylic acids is 1. The van der Waals surface area contributed by atoms with E-state index in [2.05, 4.69) is 0 Å². The van der Waals surface area contributed by atoms with Crippen LogP contribution in [-0.2, 0) is 11.8 Å². The molecule has 0 aromatic carbocycles. The van der Waals surface area contributed by atoms with Gasteiger partial charge in [-0.2, -0.15) is 5.26 Å². The van der Waals surface area contributed by atoms with Gasteiger partial charge in [-0.05, 0) is 12.1 Å². The molecule has 0 saturated heterocycles. The second kappa shape index (κ2) is 2.87. The molecule has 1 rings (SSSR count). The Hall–Kier alpha value is -1.78. The van der Waals surface area contributed by atoms with Gasteiger partial charge >= 0.3 is 0 Å². The fourth-order valence-corrected chi connectivity index (χ4v) is 0.853. The highest BCUT2D eigenvalue weighted by Gasteiger charge is 2.03. The summed E-state index contributed by atoms with van der Waals surface area (Å²) in [4.78, 5) is 10.2. The average Bonchev–Trinajstić information content (AvgIpc) is 2.40. The predicted octanol–water partition coefficient (Wildman–Crippen LogP) is 0.764. The first-order valence-electron chi connectivity index (χ1n) is 3.06. The molecule has 1 aromatic heterocycles. The molecule has 1 heterocycles. The lowest BCUT2D eigenvalue weighted by Crippen LogP contribution is -1.92. The number of aromatic nitrogens is 1. The topological polar surface area (TPSA) is 45.8 Å². The van der Waals surface area contributed by atoms with Crippen molar-refractivity contribution in [1.82, 2.24) is 4.57 Å². The predicted molar refractivity (Wildman–Crippen MR) is 40.1 cm³/mol. The third-order valence-corrected chi connectivity index (χ3v) is 1.41. The van der Waals surface area contributed by atoms with E-state index in [1.165, 1.54) is 0 Å². The molecule has 0 aliphatic heterocycles. The number of rotatable bonds is 1. The second-order valence-electron chi connectivity index (χ2n) is 2.09. The Bertz CT molecular complexity index is 350. The Kier molecular flexibility index (Phi) is 1.91. The number of hydrogen-bond donors (Lipinski definition) is 0. The molecule has 0 bridgehead atoms. The average molecular weight is 146 g/mol. The molecule has 3 heteroatoms. The number of aryl methyl sites for hydroxylation is 1. The Morgan fingerprint density at radius 3 is 2.82 bits per heavy atom. The maximum Gasteiger partial charge on any atom is 0.159 e. The summed E-state index contributed by atoms with van der Waals surface area (Å²) < 4.78 is 1.70. The van der Waals surface area contributed by atoms with Crippen LogP contribution in [0.1, 0.15) is 5.69 Å². The molecule has 0 fully saturated rings. The first kappa shape index (κ1) is 7.33. The van der Waals surface area contributed by atoms with E-state index in [-0.39, 0.29) is 5.57 Å². The monoisotopic (exact) mass is 146 g/mol. The van der Waals surface area contributed by atoms with Gasteiger partial charge in [0, 0.05) is 13.2 Å². The number of nitrogens with zero attached hydrogens (tertiary/aromatic N) is 2. The second-order valence-corrected chi connectivity index (χ2v) is 2.09. The summed E-state index contributed by atoms with van der Waals surface area (Å²) >= 11 is 0. The minimum atomic E-state index is 0.0394. The van der Waals surface area contributed by atoms with Crippen LogP contribution in [-0.4, -0.2) is 10.5 Å². The maximum absolute atomic E-state index is 10.2. The summed E-state index contributed by atoms with van der Waals surface area (Å²) in [5.74, 6) is 1.58. The Morgan fingerprint density at radius 2 is 2.45 bits per heavy atom. The molecular formula is C8H6N2O. The molecule has 54 valence electrons. The standard InChI is InChI=1S/C8H6N2O/c1-10-4-2-3-8(10)7(5-9)6-11/h2-4H,1H3. The molecule has 11 heavy (non-hydrogen) atoms. The fourth-order valence-electron chi connectivity index (χ4n) is 0.853. The lowest BCUT2D eigenvalue weighted by Gasteiger charge is -1.95. The van der Waals surface area contributed by atoms with E-state index in [1.807, 2.05) is 0 Å². The maximum atomic E-state index is 10.2. The van der Waals surface area contributed by atoms with Crippen molar-refractivity contribution < 1.29 is 4.79 Å². The van der Waals surface area contributed by atoms with Crippen molar-refractivity contribution in [2.75, 3.05) is 0 Å². The minimum absolute atomic E-state index is 0.0394. The summed E-state index contributed by atoms with van der Waals surface area (Å²) in [5, 5.41) is 8.46. The van der Waals surface area contributed by atoms with E-state index in [1.54, 1.807) is 42.0 Å². The van der Waals surface area contributed by atoms with E-state index in [9.17, 15) is 4.79 Å². The van der Waals surface area contributed by atoms with Gasteiger partial charge in [0.05, 0.1) is 5.69 Å². The van der Waals surface area contributed by atoms with Crippen molar-refractivity contribution in [3.8, 4) is 6.07 Å². The van der Waals surface area contributed by atoms with Crippen LogP contribution in [0.5, 0.6) is 0 Å². The summed E-state index contributed by atoms with van der Waals surface area (Å²) in [6.07, 6.45) is 1.77. The molecule has 0 saturated carbocycles. The highest BCUT2D eigenvalue weighted by molar-refractivity contribution is 5.94. The van der Waals surface area contributed by atoms with E-state index in [0.29, 0.717) is 5.69 Å². The summed E-state index contributed by atoms with van der Waals surface area (Å²) in [6.45, 7) is 0. The van der Waals surface area contributed by atoms with Crippen molar-refractivity contribution in [2.24, 2.45) is 7.05 Å². The van der Waals surface area contributed by atoms with Gasteiger partial charge in [0.2, 0.25) is 0 Å². The molecule has 3 nitrogen and oxygen atoms in total. The SMILES string of the molecule is Cn1cccc1C(=C=O)C#N. The molecule has 0 radical (unpaired) electrons. The molecule has 0 unspecified atom stereocenters. The summed E-state index contributed by atoms with van der Waals surface area (Å²) in [6, 6.07) is 5.23. The van der Waals surface area contributed by atoms with Gasteiger partial charge in [0.15, 0.2) is 5.57 Å². The minimum Gasteiger partial charge on any atom is -0.349 e. The zero-order chi connectivity index (χ0) is 8.27. The highest BCUT2D eigenvalue weighted by atomic mass is 16.1. The smallest absolute Gasteiger partial charge is 0.159 e. The van der Waals surface area contributed by atoms with Gasteiger partial charge in [-0.25, -0.2) is 4.79 Å². The molecule has 0 N–H and O–H groups in total. The van der Waals surface area contributed by atoms with Gasteiger partial charge in [-0.15, -0.1) is 0 Å². The lowest BCUT2D eigenvalue weighted by molar-refractivity contribution is 0.569. The van der Waals surface area contributed by atoms with E-state index in [0.717, 1.165) is 0 Å². The van der Waals surface area contributed by atoms with Crippen LogP contribution < -0.4 is 0 Å². The van der Waals surface area contributed by atoms with Crippen LogP contribution in [0.15, 0.2) is 18.3 Å². The third kappa shape index (κ3) is 1.21. The number of hydrogen-bond acceptors (Lipinski definition) is 2. The fraction of sp³-hybridized carbons (Fsp3) is 0.125. The highest BCUT2D eigenvalue weighted by Crippen LogP contribution is 2.08. The normalized spacial score (nSPS) is 8.36. The zero-order valence-corrected chi connectivity index (χ0v) is 6.03. The zero-order valence-electron chi connectivity index (χ0n) is 6.03. The molecule has 0 amide bonds. The summed E-state index contributed by atoms with van der Waals surface area (Å²) in [7, 11) is 1.77. The Morgan fingerprint density at radius 1 is 1.73 bits per heavy atom. The van der Waals surface area contributed by atoms with Crippen molar-refractivity contribution in [2.45, 2.75) is 0 Å². The van der Waals surface area contributed by atoms with Gasteiger partial charge in [-0.3, -0.25) is 0 Å². The molecule has 1 aromatic rings. The van der Waals surface area contributed by atoms with Crippen molar-refractivity contribution >= 4 is 11.5 Å². The van der Waals surface area contributed by atoms with Crippen molar-refractivity contribution in [3.05, 3.63) is 24.0 Å². The van der Waals surface area contributed by atoms with Crippen LogP contribution in [0.4, 0.5) is 0 Å². The van der Waals surface area contributed by atoms with E-state index >= 15 is 0 Å². The number of allylic oxidation sites excluding steroid dienone is 1. The van der Waals surface area contributed by atoms with Crippen LogP contribution in [0.2, 0.25) is 0 Å². The third-order valence-electron chi connectivity index (χ3n) is 1.41. The first-order valence-corrected chi connectivity index (χ1v) is 3.06. The lowest BCUT2D eigenvalue weighted by atomic mass is 10.2. The van der Waals surface area contributed by atoms with Gasteiger partial charge in [0.1, 0.15) is 12.0 Å². The van der Waals surface area contributed by atoms with Gasteiger partial charge < -0.3 is 4.57 Å². The molecular weight excluding hydrogens is 140 g/mol. The summed E-state index contributed by atoms with van der Waals surface area (Å²) in [5.41, 5.74) is 0.639. The molecule has 0 aliphatic carbocycles. The van der Waals surface area contributed by atoms with Crippen LogP contribution >= 0.6 is 0 Å². The Balaban J connectivity index is 3.23.